The first-order chi connectivity index (χ1) is 11.6. The predicted octanol–water partition coefficient (Wildman–Crippen LogP) is 0.887. The molecule has 0 aliphatic carbocycles. The van der Waals surface area contributed by atoms with Gasteiger partial charge in [-0.1, -0.05) is 0 Å². The smallest absolute Gasteiger partial charge is 0.292 e. The second kappa shape index (κ2) is 7.33. The van der Waals surface area contributed by atoms with Crippen LogP contribution in [0.3, 0.4) is 0 Å². The van der Waals surface area contributed by atoms with Gasteiger partial charge >= 0.3 is 0 Å². The summed E-state index contributed by atoms with van der Waals surface area (Å²) in [5, 5.41) is 14.3. The molecule has 1 aliphatic rings. The van der Waals surface area contributed by atoms with Gasteiger partial charge in [0.25, 0.3) is 4.84 Å². The Balaban J connectivity index is 1.84. The highest BCUT2D eigenvalue weighted by Gasteiger charge is 2.22. The van der Waals surface area contributed by atoms with Gasteiger partial charge in [-0.25, -0.2) is 0 Å². The maximum Gasteiger partial charge on any atom is 0.292 e. The molecule has 1 fully saturated rings. The lowest BCUT2D eigenvalue weighted by atomic mass is 10.1. The molecule has 2 N–H and O–H groups in total. The Labute approximate surface area is 145 Å². The summed E-state index contributed by atoms with van der Waals surface area (Å²) in [7, 11) is 3.19. The fraction of sp³-hybridized carbons (Fsp3) is 0.500. The van der Waals surface area contributed by atoms with Crippen LogP contribution >= 0.6 is 12.2 Å². The number of ether oxygens (including phenoxy) is 2. The lowest BCUT2D eigenvalue weighted by molar-refractivity contribution is -0.931. The van der Waals surface area contributed by atoms with E-state index in [0.29, 0.717) is 35.4 Å². The fourth-order valence-corrected chi connectivity index (χ4v) is 3.12. The van der Waals surface area contributed by atoms with Crippen molar-refractivity contribution >= 4 is 12.2 Å². The lowest BCUT2D eigenvalue weighted by Gasteiger charge is -2.26. The molecule has 1 aliphatic heterocycles. The van der Waals surface area contributed by atoms with Crippen molar-refractivity contribution in [2.45, 2.75) is 25.6 Å². The Morgan fingerprint density at radius 3 is 2.67 bits per heavy atom. The van der Waals surface area contributed by atoms with Gasteiger partial charge in [0.2, 0.25) is 5.89 Å². The van der Waals surface area contributed by atoms with Crippen LogP contribution in [-0.2, 0) is 6.67 Å². The monoisotopic (exact) mass is 352 g/mol. The number of aliphatic hydroxyl groups excluding tert-OH is 1. The van der Waals surface area contributed by atoms with E-state index in [0.717, 1.165) is 24.9 Å². The molecule has 0 saturated carbocycles. The van der Waals surface area contributed by atoms with Crippen molar-refractivity contribution < 1.29 is 23.9 Å². The first-order valence-electron chi connectivity index (χ1n) is 7.92. The third-order valence-electron chi connectivity index (χ3n) is 4.17. The molecule has 3 rings (SSSR count). The Hall–Kier alpha value is -1.90. The first kappa shape index (κ1) is 16.9. The summed E-state index contributed by atoms with van der Waals surface area (Å²) in [5.74, 6) is 1.74. The van der Waals surface area contributed by atoms with Crippen LogP contribution in [0.4, 0.5) is 0 Å². The minimum Gasteiger partial charge on any atom is -0.497 e. The number of piperidine rings is 1. The summed E-state index contributed by atoms with van der Waals surface area (Å²) in [6.45, 7) is 2.28. The second-order valence-electron chi connectivity index (χ2n) is 5.93. The molecule has 130 valence electrons. The number of methoxy groups -OCH3 is 2. The number of aliphatic hydroxyl groups is 1. The van der Waals surface area contributed by atoms with Gasteiger partial charge in [-0.3, -0.25) is 0 Å². The molecule has 0 amide bonds. The summed E-state index contributed by atoms with van der Waals surface area (Å²) in [4.78, 5) is 1.56. The lowest BCUT2D eigenvalue weighted by Crippen LogP contribution is -3.13. The maximum absolute atomic E-state index is 9.80. The normalized spacial score (nSPS) is 20.8. The van der Waals surface area contributed by atoms with Crippen molar-refractivity contribution in [2.75, 3.05) is 27.3 Å². The number of hydrogen-bond acceptors (Lipinski definition) is 6. The van der Waals surface area contributed by atoms with Gasteiger partial charge in [0.05, 0.1) is 20.8 Å². The van der Waals surface area contributed by atoms with E-state index in [1.807, 2.05) is 12.1 Å². The van der Waals surface area contributed by atoms with E-state index in [4.69, 9.17) is 26.1 Å². The molecule has 1 aromatic carbocycles. The minimum absolute atomic E-state index is 0.253. The summed E-state index contributed by atoms with van der Waals surface area (Å²) in [6.07, 6.45) is 1.61. The third kappa shape index (κ3) is 3.77. The van der Waals surface area contributed by atoms with Gasteiger partial charge in [-0.15, -0.1) is 5.10 Å². The van der Waals surface area contributed by atoms with Crippen molar-refractivity contribution in [1.82, 2.24) is 9.78 Å². The largest absolute Gasteiger partial charge is 0.497 e. The molecular weight excluding hydrogens is 330 g/mol. The Bertz CT molecular complexity index is 736. The topological polar surface area (TPSA) is 74.1 Å². The highest BCUT2D eigenvalue weighted by molar-refractivity contribution is 7.71. The number of quaternary nitrogens is 1. The van der Waals surface area contributed by atoms with Crippen molar-refractivity contribution in [3.63, 3.8) is 0 Å². The molecule has 1 aromatic heterocycles. The molecule has 1 saturated heterocycles. The molecular formula is C16H22N3O4S+. The average molecular weight is 352 g/mol. The Kier molecular flexibility index (Phi) is 5.17. The molecule has 1 unspecified atom stereocenters. The summed E-state index contributed by atoms with van der Waals surface area (Å²) in [5.41, 5.74) is 0.740. The third-order valence-corrected chi connectivity index (χ3v) is 4.46. The van der Waals surface area contributed by atoms with Gasteiger partial charge in [0.1, 0.15) is 24.1 Å². The van der Waals surface area contributed by atoms with Gasteiger partial charge in [0, 0.05) is 11.6 Å². The van der Waals surface area contributed by atoms with Crippen LogP contribution in [-0.4, -0.2) is 48.3 Å². The number of aromatic nitrogens is 2. The highest BCUT2D eigenvalue weighted by atomic mass is 32.1. The van der Waals surface area contributed by atoms with E-state index in [9.17, 15) is 5.11 Å². The van der Waals surface area contributed by atoms with Crippen LogP contribution in [0, 0.1) is 4.84 Å². The van der Waals surface area contributed by atoms with Crippen molar-refractivity contribution in [2.24, 2.45) is 0 Å². The quantitative estimate of drug-likeness (QED) is 0.779. The van der Waals surface area contributed by atoms with Gasteiger partial charge in [-0.05, 0) is 37.2 Å². The second-order valence-corrected chi connectivity index (χ2v) is 6.28. The van der Waals surface area contributed by atoms with Gasteiger partial charge in [-0.2, -0.15) is 4.68 Å². The standard InChI is InChI=1S/C16H21N3O4S/c1-21-13-6-11(7-14(8-13)22-2)15-17-19(16(24)23-15)10-18-5-3-4-12(20)9-18/h6-8,12,20H,3-5,9-10H2,1-2H3/p+1/t12-/m0/s1. The van der Waals surface area contributed by atoms with E-state index in [2.05, 4.69) is 5.10 Å². The number of likely N-dealkylation sites (tertiary alicyclic amines) is 1. The van der Waals surface area contributed by atoms with E-state index >= 15 is 0 Å². The zero-order valence-corrected chi connectivity index (χ0v) is 14.6. The van der Waals surface area contributed by atoms with E-state index in [1.165, 1.54) is 4.90 Å². The molecule has 0 bridgehead atoms. The van der Waals surface area contributed by atoms with E-state index in [-0.39, 0.29) is 6.10 Å². The molecule has 8 heteroatoms. The van der Waals surface area contributed by atoms with E-state index in [1.54, 1.807) is 25.0 Å². The maximum atomic E-state index is 9.80. The Morgan fingerprint density at radius 1 is 1.33 bits per heavy atom. The van der Waals surface area contributed by atoms with Crippen LogP contribution < -0.4 is 14.4 Å². The molecule has 7 nitrogen and oxygen atoms in total. The average Bonchev–Trinajstić information content (AvgIpc) is 2.95. The van der Waals surface area contributed by atoms with Crippen molar-refractivity contribution in [1.29, 1.82) is 0 Å². The number of nitrogens with zero attached hydrogens (tertiary/aromatic N) is 2. The SMILES string of the molecule is COc1cc(OC)cc(-c2nn(C[NH+]3CCC[C@H](O)C3)c(=S)o2)c1. The van der Waals surface area contributed by atoms with Crippen LogP contribution in [0.5, 0.6) is 11.5 Å². The summed E-state index contributed by atoms with van der Waals surface area (Å²) in [6, 6.07) is 5.43. The predicted molar refractivity (Wildman–Crippen MR) is 89.8 cm³/mol. The highest BCUT2D eigenvalue weighted by Crippen LogP contribution is 2.28. The van der Waals surface area contributed by atoms with Crippen molar-refractivity contribution in [3.05, 3.63) is 23.0 Å². The summed E-state index contributed by atoms with van der Waals surface area (Å²) >= 11 is 5.29. The van der Waals surface area contributed by atoms with Crippen molar-refractivity contribution in [3.8, 4) is 23.0 Å². The number of nitrogens with one attached hydrogen (secondary N) is 1. The molecule has 2 aromatic rings. The number of benzene rings is 1. The van der Waals surface area contributed by atoms with Crippen LogP contribution in [0.25, 0.3) is 11.5 Å². The minimum atomic E-state index is -0.253. The molecule has 24 heavy (non-hydrogen) atoms. The zero-order valence-electron chi connectivity index (χ0n) is 13.8. The first-order valence-corrected chi connectivity index (χ1v) is 8.33. The van der Waals surface area contributed by atoms with Crippen LogP contribution in [0.1, 0.15) is 12.8 Å². The number of hydrogen-bond donors (Lipinski definition) is 2. The van der Waals surface area contributed by atoms with Gasteiger partial charge < -0.3 is 23.9 Å². The zero-order chi connectivity index (χ0) is 17.1. The van der Waals surface area contributed by atoms with E-state index < -0.39 is 0 Å². The molecule has 2 heterocycles. The molecule has 0 spiro atoms. The molecule has 2 atom stereocenters. The fourth-order valence-electron chi connectivity index (χ4n) is 2.93. The molecule has 0 radical (unpaired) electrons. The Morgan fingerprint density at radius 2 is 2.04 bits per heavy atom. The van der Waals surface area contributed by atoms with Crippen LogP contribution in [0.15, 0.2) is 22.6 Å². The number of rotatable bonds is 5. The van der Waals surface area contributed by atoms with Gasteiger partial charge in [0.15, 0.2) is 6.67 Å². The van der Waals surface area contributed by atoms with Crippen LogP contribution in [0.2, 0.25) is 0 Å². The summed E-state index contributed by atoms with van der Waals surface area (Å²) < 4.78 is 17.9.